The number of benzene rings is 4. The van der Waals surface area contributed by atoms with Crippen LogP contribution in [0.4, 0.5) is 0 Å². The van der Waals surface area contributed by atoms with E-state index in [9.17, 15) is 0 Å². The summed E-state index contributed by atoms with van der Waals surface area (Å²) in [6, 6.07) is 46.4. The van der Waals surface area contributed by atoms with Gasteiger partial charge in [0.1, 0.15) is 5.69 Å². The lowest BCUT2D eigenvalue weighted by Gasteiger charge is -2.26. The second-order valence-corrected chi connectivity index (χ2v) is 12.6. The maximum Gasteiger partial charge on any atom is 0.182 e. The predicted molar refractivity (Wildman–Crippen MR) is 200 cm³/mol. The third-order valence-electron chi connectivity index (χ3n) is 8.88. The van der Waals surface area contributed by atoms with Crippen molar-refractivity contribution in [1.29, 1.82) is 0 Å². The van der Waals surface area contributed by atoms with Crippen LogP contribution in [0.15, 0.2) is 158 Å². The molecule has 0 spiro atoms. The van der Waals surface area contributed by atoms with E-state index in [4.69, 9.17) is 29.9 Å². The number of nitrogens with zero attached hydrogens (tertiary/aromatic N) is 8. The Morgan fingerprint density at radius 1 is 0.353 bits per heavy atom. The zero-order chi connectivity index (χ0) is 34.6. The Morgan fingerprint density at radius 3 is 1.20 bits per heavy atom. The average molecular weight is 661 g/mol. The van der Waals surface area contributed by atoms with Gasteiger partial charge in [0.05, 0.1) is 0 Å². The van der Waals surface area contributed by atoms with Crippen LogP contribution < -0.4 is 0 Å². The molecule has 0 aliphatic rings. The van der Waals surface area contributed by atoms with Gasteiger partial charge in [-0.2, -0.15) is 0 Å². The number of aromatic nitrogens is 8. The van der Waals surface area contributed by atoms with Crippen LogP contribution in [-0.2, 0) is 5.41 Å². The Balaban J connectivity index is 1.10. The number of pyridine rings is 2. The topological polar surface area (TPSA) is 103 Å². The summed E-state index contributed by atoms with van der Waals surface area (Å²) in [6.07, 6.45) is 5.26. The van der Waals surface area contributed by atoms with Crippen LogP contribution in [0.5, 0.6) is 0 Å². The summed E-state index contributed by atoms with van der Waals surface area (Å²) in [5, 5.41) is 0. The molecule has 0 amide bonds. The van der Waals surface area contributed by atoms with E-state index in [0.29, 0.717) is 40.6 Å². The van der Waals surface area contributed by atoms with Gasteiger partial charge in [-0.15, -0.1) is 0 Å². The van der Waals surface area contributed by atoms with Crippen molar-refractivity contribution < 1.29 is 0 Å². The van der Waals surface area contributed by atoms with Crippen LogP contribution in [0.25, 0.3) is 68.5 Å². The number of rotatable bonds is 8. The largest absolute Gasteiger partial charge is 0.264 e. The Morgan fingerprint density at radius 2 is 0.765 bits per heavy atom. The van der Waals surface area contributed by atoms with Crippen molar-refractivity contribution in [3.05, 3.63) is 169 Å². The zero-order valence-corrected chi connectivity index (χ0v) is 28.1. The van der Waals surface area contributed by atoms with E-state index in [2.05, 4.69) is 72.3 Å². The van der Waals surface area contributed by atoms with Gasteiger partial charge < -0.3 is 0 Å². The molecule has 8 rings (SSSR count). The lowest BCUT2D eigenvalue weighted by molar-refractivity contribution is 0.641. The van der Waals surface area contributed by atoms with Crippen LogP contribution in [0.2, 0.25) is 0 Å². The monoisotopic (exact) mass is 660 g/mol. The molecule has 0 saturated heterocycles. The standard InChI is InChI=1S/C43H32N8/c1-43(2,34-22-18-31(19-23-34)39-46-37(29-12-5-3-6-13-29)48-41(49-39)33-16-11-26-44-28-33)35-24-20-32(21-25-35)40-47-38(30-14-7-4-8-15-30)50-42(51-40)36-17-9-10-27-45-36/h3-28H,1-2H3. The first-order chi connectivity index (χ1) is 25.0. The van der Waals surface area contributed by atoms with Crippen molar-refractivity contribution in [2.75, 3.05) is 0 Å². The van der Waals surface area contributed by atoms with Gasteiger partial charge in [0.25, 0.3) is 0 Å². The molecule has 244 valence electrons. The van der Waals surface area contributed by atoms with Crippen LogP contribution in [0, 0.1) is 0 Å². The first-order valence-electron chi connectivity index (χ1n) is 16.7. The van der Waals surface area contributed by atoms with E-state index in [0.717, 1.165) is 38.9 Å². The summed E-state index contributed by atoms with van der Waals surface area (Å²) in [5.74, 6) is 3.53. The van der Waals surface area contributed by atoms with Crippen molar-refractivity contribution >= 4 is 0 Å². The van der Waals surface area contributed by atoms with E-state index in [1.807, 2.05) is 91.0 Å². The van der Waals surface area contributed by atoms with Gasteiger partial charge in [0.2, 0.25) is 0 Å². The number of hydrogen-bond acceptors (Lipinski definition) is 8. The van der Waals surface area contributed by atoms with Gasteiger partial charge in [-0.05, 0) is 35.4 Å². The summed E-state index contributed by atoms with van der Waals surface area (Å²) in [4.78, 5) is 37.8. The van der Waals surface area contributed by atoms with Gasteiger partial charge in [-0.1, -0.05) is 129 Å². The predicted octanol–water partition coefficient (Wildman–Crippen LogP) is 9.17. The third-order valence-corrected chi connectivity index (χ3v) is 8.88. The fourth-order valence-electron chi connectivity index (χ4n) is 5.92. The highest BCUT2D eigenvalue weighted by Gasteiger charge is 2.24. The average Bonchev–Trinajstić information content (AvgIpc) is 3.22. The Kier molecular flexibility index (Phi) is 8.39. The van der Waals surface area contributed by atoms with E-state index in [-0.39, 0.29) is 5.41 Å². The Hall–Kier alpha value is -6.80. The molecular weight excluding hydrogens is 629 g/mol. The molecule has 0 atom stereocenters. The highest BCUT2D eigenvalue weighted by molar-refractivity contribution is 5.68. The molecule has 4 heterocycles. The van der Waals surface area contributed by atoms with Crippen LogP contribution in [-0.4, -0.2) is 39.9 Å². The molecule has 8 heteroatoms. The molecular formula is C43H32N8. The van der Waals surface area contributed by atoms with Gasteiger partial charge in [0, 0.05) is 51.8 Å². The molecule has 0 aliphatic carbocycles. The third kappa shape index (κ3) is 6.63. The Bertz CT molecular complexity index is 2110. The second kappa shape index (κ2) is 13.6. The van der Waals surface area contributed by atoms with Gasteiger partial charge in [0.15, 0.2) is 34.9 Å². The molecule has 4 aromatic carbocycles. The molecule has 51 heavy (non-hydrogen) atoms. The fraction of sp³-hybridized carbons (Fsp3) is 0.0698. The van der Waals surface area contributed by atoms with Gasteiger partial charge >= 0.3 is 0 Å². The maximum absolute atomic E-state index is 4.88. The first kappa shape index (κ1) is 31.5. The molecule has 8 aromatic rings. The molecule has 0 unspecified atom stereocenters. The lowest BCUT2D eigenvalue weighted by Crippen LogP contribution is -2.18. The fourth-order valence-corrected chi connectivity index (χ4v) is 5.92. The Labute approximate surface area is 296 Å². The van der Waals surface area contributed by atoms with Crippen molar-refractivity contribution in [1.82, 2.24) is 39.9 Å². The highest BCUT2D eigenvalue weighted by Crippen LogP contribution is 2.34. The quantitative estimate of drug-likeness (QED) is 0.159. The highest BCUT2D eigenvalue weighted by atomic mass is 15.1. The van der Waals surface area contributed by atoms with Gasteiger partial charge in [-0.25, -0.2) is 29.9 Å². The molecule has 0 N–H and O–H groups in total. The SMILES string of the molecule is CC(C)(c1ccc(-c2nc(-c3ccccc3)nc(-c3cccnc3)n2)cc1)c1ccc(-c2nc(-c3ccccc3)nc(-c3ccccn3)n2)cc1. The van der Waals surface area contributed by atoms with E-state index >= 15 is 0 Å². The van der Waals surface area contributed by atoms with E-state index in [1.165, 1.54) is 0 Å². The van der Waals surface area contributed by atoms with Crippen LogP contribution in [0.1, 0.15) is 25.0 Å². The summed E-state index contributed by atoms with van der Waals surface area (Å²) in [6.45, 7) is 4.45. The second-order valence-electron chi connectivity index (χ2n) is 12.6. The van der Waals surface area contributed by atoms with Crippen LogP contribution in [0.3, 0.4) is 0 Å². The summed E-state index contributed by atoms with van der Waals surface area (Å²) >= 11 is 0. The molecule has 4 aromatic heterocycles. The molecule has 0 aliphatic heterocycles. The van der Waals surface area contributed by atoms with Crippen molar-refractivity contribution in [2.24, 2.45) is 0 Å². The minimum atomic E-state index is -0.292. The first-order valence-corrected chi connectivity index (χ1v) is 16.7. The maximum atomic E-state index is 4.88. The summed E-state index contributed by atoms with van der Waals surface area (Å²) in [7, 11) is 0. The summed E-state index contributed by atoms with van der Waals surface area (Å²) < 4.78 is 0. The molecule has 0 fully saturated rings. The molecule has 0 saturated carbocycles. The minimum Gasteiger partial charge on any atom is -0.264 e. The smallest absolute Gasteiger partial charge is 0.182 e. The normalized spacial score (nSPS) is 11.3. The van der Waals surface area contributed by atoms with Crippen molar-refractivity contribution in [3.8, 4) is 68.5 Å². The summed E-state index contributed by atoms with van der Waals surface area (Å²) in [5.41, 5.74) is 7.20. The molecule has 0 bridgehead atoms. The van der Waals surface area contributed by atoms with E-state index in [1.54, 1.807) is 18.6 Å². The zero-order valence-electron chi connectivity index (χ0n) is 28.1. The minimum absolute atomic E-state index is 0.292. The van der Waals surface area contributed by atoms with Gasteiger partial charge in [-0.3, -0.25) is 9.97 Å². The van der Waals surface area contributed by atoms with Crippen molar-refractivity contribution in [2.45, 2.75) is 19.3 Å². The van der Waals surface area contributed by atoms with Crippen molar-refractivity contribution in [3.63, 3.8) is 0 Å². The molecule has 0 radical (unpaired) electrons. The lowest BCUT2D eigenvalue weighted by atomic mass is 9.77. The van der Waals surface area contributed by atoms with E-state index < -0.39 is 0 Å². The molecule has 8 nitrogen and oxygen atoms in total. The van der Waals surface area contributed by atoms with Crippen LogP contribution >= 0.6 is 0 Å². The number of hydrogen-bond donors (Lipinski definition) is 0.